The van der Waals surface area contributed by atoms with E-state index in [1.165, 1.54) is 19.0 Å². The van der Waals surface area contributed by atoms with Gasteiger partial charge in [0.1, 0.15) is 0 Å². The molecule has 2 atom stereocenters. The van der Waals surface area contributed by atoms with Crippen LogP contribution in [-0.2, 0) is 9.47 Å². The van der Waals surface area contributed by atoms with Crippen molar-refractivity contribution >= 4 is 5.91 Å². The minimum Gasteiger partial charge on any atom is -0.375 e. The molecule has 1 saturated carbocycles. The summed E-state index contributed by atoms with van der Waals surface area (Å²) < 4.78 is 16.9. The van der Waals surface area contributed by atoms with E-state index in [0.29, 0.717) is 25.5 Å². The van der Waals surface area contributed by atoms with E-state index in [1.54, 1.807) is 11.0 Å². The van der Waals surface area contributed by atoms with Crippen molar-refractivity contribution in [3.8, 4) is 0 Å². The summed E-state index contributed by atoms with van der Waals surface area (Å²) in [6, 6.07) is 1.60. The Kier molecular flexibility index (Phi) is 3.23. The van der Waals surface area contributed by atoms with Crippen molar-refractivity contribution in [2.75, 3.05) is 26.3 Å². The van der Waals surface area contributed by atoms with Crippen molar-refractivity contribution in [3.05, 3.63) is 18.0 Å². The molecule has 1 aromatic rings. The van der Waals surface area contributed by atoms with Crippen LogP contribution in [0.1, 0.15) is 36.2 Å². The van der Waals surface area contributed by atoms with E-state index in [9.17, 15) is 4.79 Å². The number of likely N-dealkylation sites (tertiary alicyclic amines) is 1. The second kappa shape index (κ2) is 5.10. The molecule has 1 aliphatic carbocycles. The minimum atomic E-state index is -0.218. The van der Waals surface area contributed by atoms with Gasteiger partial charge < -0.3 is 18.9 Å². The Balaban J connectivity index is 1.34. The lowest BCUT2D eigenvalue weighted by Gasteiger charge is -2.22. The van der Waals surface area contributed by atoms with Crippen LogP contribution in [0.4, 0.5) is 0 Å². The Bertz CT molecular complexity index is 514. The summed E-state index contributed by atoms with van der Waals surface area (Å²) >= 11 is 0. The number of carbonyl (C=O) groups excluding carboxylic acids is 1. The molecule has 1 spiro atoms. The van der Waals surface area contributed by atoms with Gasteiger partial charge in [-0.15, -0.1) is 0 Å². The van der Waals surface area contributed by atoms with Crippen LogP contribution in [-0.4, -0.2) is 54.0 Å². The van der Waals surface area contributed by atoms with E-state index in [-0.39, 0.29) is 17.6 Å². The van der Waals surface area contributed by atoms with E-state index in [0.717, 1.165) is 25.4 Å². The molecule has 21 heavy (non-hydrogen) atoms. The summed E-state index contributed by atoms with van der Waals surface area (Å²) in [5.74, 6) is 0.969. The zero-order valence-corrected chi connectivity index (χ0v) is 12.0. The van der Waals surface area contributed by atoms with Gasteiger partial charge in [-0.1, -0.05) is 5.16 Å². The molecule has 1 aromatic heterocycles. The summed E-state index contributed by atoms with van der Waals surface area (Å²) in [6.45, 7) is 2.84. The molecule has 0 aromatic carbocycles. The van der Waals surface area contributed by atoms with Crippen LogP contribution in [0.3, 0.4) is 0 Å². The maximum absolute atomic E-state index is 12.3. The fourth-order valence-corrected chi connectivity index (χ4v) is 3.25. The highest BCUT2D eigenvalue weighted by Crippen LogP contribution is 2.38. The zero-order valence-electron chi connectivity index (χ0n) is 12.0. The Morgan fingerprint density at radius 2 is 2.43 bits per heavy atom. The molecule has 114 valence electrons. The fourth-order valence-electron chi connectivity index (χ4n) is 3.25. The van der Waals surface area contributed by atoms with Gasteiger partial charge in [0.05, 0.1) is 31.1 Å². The third kappa shape index (κ3) is 2.70. The van der Waals surface area contributed by atoms with Gasteiger partial charge in [0.15, 0.2) is 0 Å². The topological polar surface area (TPSA) is 64.8 Å². The highest BCUT2D eigenvalue weighted by Gasteiger charge is 2.47. The Labute approximate surface area is 123 Å². The quantitative estimate of drug-likeness (QED) is 0.841. The minimum absolute atomic E-state index is 0.102. The van der Waals surface area contributed by atoms with Gasteiger partial charge in [-0.2, -0.15) is 0 Å². The summed E-state index contributed by atoms with van der Waals surface area (Å²) in [4.78, 5) is 14.1. The van der Waals surface area contributed by atoms with E-state index < -0.39 is 0 Å². The van der Waals surface area contributed by atoms with Crippen LogP contribution in [0.25, 0.3) is 0 Å². The van der Waals surface area contributed by atoms with Crippen LogP contribution < -0.4 is 0 Å². The van der Waals surface area contributed by atoms with Gasteiger partial charge in [0, 0.05) is 25.6 Å². The first kappa shape index (κ1) is 13.3. The molecule has 2 aliphatic heterocycles. The Hall–Kier alpha value is -1.40. The smallest absolute Gasteiger partial charge is 0.292 e. The first-order valence-electron chi connectivity index (χ1n) is 7.70. The van der Waals surface area contributed by atoms with Crippen molar-refractivity contribution in [1.82, 2.24) is 10.1 Å². The van der Waals surface area contributed by atoms with Crippen molar-refractivity contribution in [3.63, 3.8) is 0 Å². The first-order chi connectivity index (χ1) is 10.2. The van der Waals surface area contributed by atoms with Gasteiger partial charge >= 0.3 is 0 Å². The predicted molar refractivity (Wildman–Crippen MR) is 72.8 cm³/mol. The third-order valence-electron chi connectivity index (χ3n) is 4.69. The summed E-state index contributed by atoms with van der Waals surface area (Å²) in [5, 5.41) is 3.59. The van der Waals surface area contributed by atoms with Crippen LogP contribution in [0.2, 0.25) is 0 Å². The molecular weight excluding hydrogens is 272 g/mol. The number of nitrogens with zero attached hydrogens (tertiary/aromatic N) is 2. The van der Waals surface area contributed by atoms with E-state index in [4.69, 9.17) is 14.0 Å². The molecule has 3 heterocycles. The molecule has 3 fully saturated rings. The molecule has 6 nitrogen and oxygen atoms in total. The second-order valence-corrected chi connectivity index (χ2v) is 6.45. The number of rotatable bonds is 4. The molecule has 2 saturated heterocycles. The molecular formula is C15H20N2O4. The van der Waals surface area contributed by atoms with Crippen LogP contribution in [0, 0.1) is 5.92 Å². The molecule has 6 heteroatoms. The van der Waals surface area contributed by atoms with Crippen LogP contribution in [0.5, 0.6) is 0 Å². The molecule has 3 aliphatic rings. The number of carbonyl (C=O) groups is 1. The summed E-state index contributed by atoms with van der Waals surface area (Å²) in [5.41, 5.74) is -0.218. The molecule has 0 bridgehead atoms. The van der Waals surface area contributed by atoms with Gasteiger partial charge in [-0.25, -0.2) is 0 Å². The van der Waals surface area contributed by atoms with E-state index >= 15 is 0 Å². The van der Waals surface area contributed by atoms with Gasteiger partial charge in [-0.3, -0.25) is 4.79 Å². The lowest BCUT2D eigenvalue weighted by molar-refractivity contribution is 0.00133. The average molecular weight is 292 g/mol. The number of ether oxygens (including phenoxy) is 2. The summed E-state index contributed by atoms with van der Waals surface area (Å²) in [6.07, 6.45) is 6.05. The number of hydrogen-bond donors (Lipinski definition) is 0. The Morgan fingerprint density at radius 1 is 1.52 bits per heavy atom. The number of amides is 1. The fraction of sp³-hybridized carbons (Fsp3) is 0.733. The van der Waals surface area contributed by atoms with Gasteiger partial charge in [0.2, 0.25) is 5.76 Å². The number of hydrogen-bond acceptors (Lipinski definition) is 5. The lowest BCUT2D eigenvalue weighted by atomic mass is 9.98. The standard InChI is InChI=1S/C15H20N2O4/c18-14(13-3-5-16-21-13)17-6-4-15(10-17)7-12(9-20-15)19-8-11-1-2-11/h3,5,11-12H,1-2,4,6-10H2/t12-,15-/m1/s1. The SMILES string of the molecule is O=C(c1ccno1)N1CC[C@@]2(C[C@@H](OCC3CC3)CO2)C1. The van der Waals surface area contributed by atoms with Crippen molar-refractivity contribution in [2.45, 2.75) is 37.4 Å². The average Bonchev–Trinajstić information content (AvgIpc) is 2.96. The molecule has 4 rings (SSSR count). The monoisotopic (exact) mass is 292 g/mol. The lowest BCUT2D eigenvalue weighted by Crippen LogP contribution is -2.36. The first-order valence-corrected chi connectivity index (χ1v) is 7.70. The Morgan fingerprint density at radius 3 is 3.19 bits per heavy atom. The van der Waals surface area contributed by atoms with Crippen LogP contribution in [0.15, 0.2) is 16.8 Å². The number of aromatic nitrogens is 1. The normalized spacial score (nSPS) is 32.2. The molecule has 0 N–H and O–H groups in total. The largest absolute Gasteiger partial charge is 0.375 e. The maximum Gasteiger partial charge on any atom is 0.292 e. The molecule has 0 unspecified atom stereocenters. The zero-order chi connectivity index (χ0) is 14.3. The van der Waals surface area contributed by atoms with Crippen molar-refractivity contribution in [2.24, 2.45) is 5.92 Å². The second-order valence-electron chi connectivity index (χ2n) is 6.45. The van der Waals surface area contributed by atoms with Crippen molar-refractivity contribution < 1.29 is 18.8 Å². The van der Waals surface area contributed by atoms with E-state index in [2.05, 4.69) is 5.16 Å². The summed E-state index contributed by atoms with van der Waals surface area (Å²) in [7, 11) is 0. The highest BCUT2D eigenvalue weighted by atomic mass is 16.6. The van der Waals surface area contributed by atoms with Gasteiger partial charge in [-0.05, 0) is 25.2 Å². The highest BCUT2D eigenvalue weighted by molar-refractivity contribution is 5.91. The van der Waals surface area contributed by atoms with Crippen LogP contribution >= 0.6 is 0 Å². The predicted octanol–water partition coefficient (Wildman–Crippen LogP) is 1.47. The van der Waals surface area contributed by atoms with Crippen molar-refractivity contribution in [1.29, 1.82) is 0 Å². The molecule has 1 amide bonds. The maximum atomic E-state index is 12.3. The van der Waals surface area contributed by atoms with Gasteiger partial charge in [0.25, 0.3) is 5.91 Å². The van der Waals surface area contributed by atoms with E-state index in [1.807, 2.05) is 0 Å². The molecule has 0 radical (unpaired) electrons. The third-order valence-corrected chi connectivity index (χ3v) is 4.69.